The van der Waals surface area contributed by atoms with E-state index < -0.39 is 0 Å². The molecule has 2 atom stereocenters. The maximum Gasteiger partial charge on any atom is 0.162 e. The molecule has 1 aromatic heterocycles. The molecule has 2 aliphatic rings. The van der Waals surface area contributed by atoms with Gasteiger partial charge in [-0.05, 0) is 60.7 Å². The third kappa shape index (κ3) is 4.74. The first-order valence-corrected chi connectivity index (χ1v) is 12.8. The molecule has 2 aliphatic heterocycles. The molecular weight excluding hydrogens is 464 g/mol. The molecule has 2 N–H and O–H groups in total. The number of ketones is 1. The predicted molar refractivity (Wildman–Crippen MR) is 146 cm³/mol. The van der Waals surface area contributed by atoms with E-state index in [2.05, 4.69) is 57.5 Å². The van der Waals surface area contributed by atoms with Crippen molar-refractivity contribution < 1.29 is 14.3 Å². The summed E-state index contributed by atoms with van der Waals surface area (Å²) in [6.45, 7) is 3.67. The summed E-state index contributed by atoms with van der Waals surface area (Å²) in [5.41, 5.74) is 1.72. The molecule has 2 bridgehead atoms. The lowest BCUT2D eigenvalue weighted by Gasteiger charge is -2.43. The van der Waals surface area contributed by atoms with Gasteiger partial charge in [-0.3, -0.25) is 4.79 Å². The van der Waals surface area contributed by atoms with Gasteiger partial charge < -0.3 is 20.1 Å². The SMILES string of the molecule is C=CC(=O)C1CC2CC(Oc3cc4c(Nc5ccc6ccccc6c5)ncnc4cc3OC)CC(C1)N2. The van der Waals surface area contributed by atoms with E-state index >= 15 is 0 Å². The number of anilines is 2. The van der Waals surface area contributed by atoms with Crippen LogP contribution in [0.25, 0.3) is 21.7 Å². The lowest BCUT2D eigenvalue weighted by atomic mass is 9.77. The average Bonchev–Trinajstić information content (AvgIpc) is 2.92. The van der Waals surface area contributed by atoms with E-state index in [0.717, 1.165) is 47.7 Å². The lowest BCUT2D eigenvalue weighted by molar-refractivity contribution is -0.120. The minimum absolute atomic E-state index is 0.0314. The number of piperidine rings is 2. The molecule has 3 heterocycles. The van der Waals surface area contributed by atoms with E-state index in [0.29, 0.717) is 17.3 Å². The molecule has 6 rings (SSSR count). The van der Waals surface area contributed by atoms with Crippen LogP contribution in [0.5, 0.6) is 11.5 Å². The monoisotopic (exact) mass is 494 g/mol. The molecule has 3 aromatic carbocycles. The standard InChI is InChI=1S/C30H30N4O3/c1-3-27(35)20-11-22-13-24(14-23(12-20)33-22)37-29-15-25-26(16-28(29)36-2)31-17-32-30(25)34-21-9-8-18-6-4-5-7-19(18)10-21/h3-10,15-17,20,22-24,33H,1,11-14H2,2H3,(H,31,32,34). The van der Waals surface area contributed by atoms with Crippen LogP contribution in [-0.4, -0.2) is 41.0 Å². The largest absolute Gasteiger partial charge is 0.493 e. The van der Waals surface area contributed by atoms with Gasteiger partial charge in [-0.2, -0.15) is 0 Å². The summed E-state index contributed by atoms with van der Waals surface area (Å²) in [4.78, 5) is 21.2. The molecule has 0 saturated carbocycles. The molecule has 37 heavy (non-hydrogen) atoms. The number of carbonyl (C=O) groups excluding carboxylic acids is 1. The van der Waals surface area contributed by atoms with Crippen LogP contribution < -0.4 is 20.1 Å². The molecule has 0 radical (unpaired) electrons. The molecule has 0 amide bonds. The minimum atomic E-state index is 0.0314. The number of aromatic nitrogens is 2. The Morgan fingerprint density at radius 1 is 1.00 bits per heavy atom. The van der Waals surface area contributed by atoms with Gasteiger partial charge in [0.15, 0.2) is 17.3 Å². The highest BCUT2D eigenvalue weighted by Gasteiger charge is 2.38. The highest BCUT2D eigenvalue weighted by atomic mass is 16.5. The number of nitrogens with one attached hydrogen (secondary N) is 2. The Labute approximate surface area is 215 Å². The van der Waals surface area contributed by atoms with Gasteiger partial charge in [0.25, 0.3) is 0 Å². The van der Waals surface area contributed by atoms with Crippen molar-refractivity contribution in [3.8, 4) is 11.5 Å². The average molecular weight is 495 g/mol. The lowest BCUT2D eigenvalue weighted by Crippen LogP contribution is -2.54. The van der Waals surface area contributed by atoms with Crippen molar-refractivity contribution in [2.75, 3.05) is 12.4 Å². The number of hydrogen-bond donors (Lipinski definition) is 2. The van der Waals surface area contributed by atoms with Gasteiger partial charge >= 0.3 is 0 Å². The maximum absolute atomic E-state index is 12.2. The van der Waals surface area contributed by atoms with Crippen molar-refractivity contribution in [1.29, 1.82) is 0 Å². The van der Waals surface area contributed by atoms with E-state index in [1.165, 1.54) is 11.5 Å². The summed E-state index contributed by atoms with van der Waals surface area (Å²) in [5, 5.41) is 10.3. The van der Waals surface area contributed by atoms with E-state index in [4.69, 9.17) is 9.47 Å². The van der Waals surface area contributed by atoms with Crippen molar-refractivity contribution in [2.45, 2.75) is 43.9 Å². The third-order valence-electron chi connectivity index (χ3n) is 7.53. The van der Waals surface area contributed by atoms with Crippen LogP contribution in [0.2, 0.25) is 0 Å². The Morgan fingerprint density at radius 2 is 1.78 bits per heavy atom. The van der Waals surface area contributed by atoms with Crippen LogP contribution in [0.3, 0.4) is 0 Å². The fraction of sp³-hybridized carbons (Fsp3) is 0.300. The molecule has 4 aromatic rings. The first-order valence-electron chi connectivity index (χ1n) is 12.8. The van der Waals surface area contributed by atoms with Crippen molar-refractivity contribution in [3.63, 3.8) is 0 Å². The second-order valence-electron chi connectivity index (χ2n) is 9.98. The quantitative estimate of drug-likeness (QED) is 0.325. The summed E-state index contributed by atoms with van der Waals surface area (Å²) in [6, 6.07) is 18.9. The first kappa shape index (κ1) is 23.4. The van der Waals surface area contributed by atoms with Crippen molar-refractivity contribution in [1.82, 2.24) is 15.3 Å². The Morgan fingerprint density at radius 3 is 2.54 bits per heavy atom. The Hall–Kier alpha value is -3.97. The van der Waals surface area contributed by atoms with Crippen molar-refractivity contribution >= 4 is 39.0 Å². The van der Waals surface area contributed by atoms with Crippen LogP contribution in [0.4, 0.5) is 11.5 Å². The fourth-order valence-corrected chi connectivity index (χ4v) is 5.81. The number of benzene rings is 3. The van der Waals surface area contributed by atoms with Gasteiger partial charge in [-0.1, -0.05) is 36.9 Å². The number of rotatable bonds is 7. The Balaban J connectivity index is 1.27. The maximum atomic E-state index is 12.2. The number of ether oxygens (including phenoxy) is 2. The van der Waals surface area contributed by atoms with E-state index in [9.17, 15) is 4.79 Å². The van der Waals surface area contributed by atoms with Crippen LogP contribution in [0.1, 0.15) is 25.7 Å². The molecule has 0 aliphatic carbocycles. The van der Waals surface area contributed by atoms with E-state index in [1.807, 2.05) is 24.3 Å². The Bertz CT molecular complexity index is 1470. The van der Waals surface area contributed by atoms with Crippen LogP contribution in [0.15, 0.2) is 73.6 Å². The number of fused-ring (bicyclic) bond motifs is 4. The molecule has 2 unspecified atom stereocenters. The normalized spacial score (nSPS) is 22.9. The van der Waals surface area contributed by atoms with Crippen molar-refractivity contribution in [3.05, 3.63) is 73.6 Å². The first-order chi connectivity index (χ1) is 18.1. The van der Waals surface area contributed by atoms with Crippen molar-refractivity contribution in [2.24, 2.45) is 5.92 Å². The smallest absolute Gasteiger partial charge is 0.162 e. The molecular formula is C30H30N4O3. The van der Waals surface area contributed by atoms with Crippen LogP contribution in [-0.2, 0) is 4.79 Å². The molecule has 2 saturated heterocycles. The highest BCUT2D eigenvalue weighted by molar-refractivity contribution is 5.94. The number of allylic oxidation sites excluding steroid dienone is 1. The molecule has 7 nitrogen and oxygen atoms in total. The molecule has 0 spiro atoms. The van der Waals surface area contributed by atoms with E-state index in [1.54, 1.807) is 13.4 Å². The second-order valence-corrected chi connectivity index (χ2v) is 9.98. The molecule has 7 heteroatoms. The zero-order valence-corrected chi connectivity index (χ0v) is 20.8. The van der Waals surface area contributed by atoms with Gasteiger partial charge in [0.2, 0.25) is 0 Å². The molecule has 188 valence electrons. The number of carbonyl (C=O) groups is 1. The number of nitrogens with zero attached hydrogens (tertiary/aromatic N) is 2. The highest BCUT2D eigenvalue weighted by Crippen LogP contribution is 2.38. The topological polar surface area (TPSA) is 85.4 Å². The van der Waals surface area contributed by atoms with Gasteiger partial charge in [0.05, 0.1) is 12.6 Å². The zero-order chi connectivity index (χ0) is 25.4. The summed E-state index contributed by atoms with van der Waals surface area (Å²) >= 11 is 0. The predicted octanol–water partition coefficient (Wildman–Crippen LogP) is 5.57. The van der Waals surface area contributed by atoms with Gasteiger partial charge in [-0.25, -0.2) is 9.97 Å². The summed E-state index contributed by atoms with van der Waals surface area (Å²) in [7, 11) is 1.64. The zero-order valence-electron chi connectivity index (χ0n) is 20.8. The van der Waals surface area contributed by atoms with Crippen LogP contribution >= 0.6 is 0 Å². The molecule has 2 fully saturated rings. The van der Waals surface area contributed by atoms with Gasteiger partial charge in [0, 0.05) is 35.1 Å². The summed E-state index contributed by atoms with van der Waals surface area (Å²) < 4.78 is 12.2. The fourth-order valence-electron chi connectivity index (χ4n) is 5.81. The van der Waals surface area contributed by atoms with E-state index in [-0.39, 0.29) is 29.9 Å². The van der Waals surface area contributed by atoms with Gasteiger partial charge in [-0.15, -0.1) is 0 Å². The summed E-state index contributed by atoms with van der Waals surface area (Å²) in [6.07, 6.45) is 6.38. The number of hydrogen-bond acceptors (Lipinski definition) is 7. The summed E-state index contributed by atoms with van der Waals surface area (Å²) in [5.74, 6) is 2.24. The third-order valence-corrected chi connectivity index (χ3v) is 7.53. The van der Waals surface area contributed by atoms with Crippen LogP contribution in [0, 0.1) is 5.92 Å². The number of methoxy groups -OCH3 is 1. The second kappa shape index (κ2) is 9.82. The Kier molecular flexibility index (Phi) is 6.22. The van der Waals surface area contributed by atoms with Gasteiger partial charge in [0.1, 0.15) is 18.2 Å². The minimum Gasteiger partial charge on any atom is -0.493 e.